The molecule has 0 spiro atoms. The molecule has 1 N–H and O–H groups in total. The van der Waals surface area contributed by atoms with Gasteiger partial charge in [0.05, 0.1) is 0 Å². The van der Waals surface area contributed by atoms with Crippen molar-refractivity contribution >= 4 is 11.8 Å². The first kappa shape index (κ1) is 14.7. The van der Waals surface area contributed by atoms with Crippen LogP contribution in [-0.4, -0.2) is 47.6 Å². The van der Waals surface area contributed by atoms with Crippen molar-refractivity contribution in [2.75, 3.05) is 19.3 Å². The van der Waals surface area contributed by atoms with Crippen LogP contribution in [0.1, 0.15) is 46.5 Å². The fourth-order valence-corrected chi connectivity index (χ4v) is 5.05. The molecule has 18 heavy (non-hydrogen) atoms. The van der Waals surface area contributed by atoms with E-state index < -0.39 is 0 Å². The van der Waals surface area contributed by atoms with E-state index >= 15 is 0 Å². The highest BCUT2D eigenvalue weighted by molar-refractivity contribution is 7.99. The zero-order valence-corrected chi connectivity index (χ0v) is 13.3. The zero-order valence-electron chi connectivity index (χ0n) is 12.5. The van der Waals surface area contributed by atoms with Crippen molar-refractivity contribution in [2.45, 2.75) is 69.8 Å². The van der Waals surface area contributed by atoms with Crippen LogP contribution in [0.3, 0.4) is 0 Å². The van der Waals surface area contributed by atoms with Crippen LogP contribution in [0, 0.1) is 5.92 Å². The van der Waals surface area contributed by atoms with Gasteiger partial charge in [-0.05, 0) is 51.3 Å². The van der Waals surface area contributed by atoms with Gasteiger partial charge in [0.1, 0.15) is 0 Å². The van der Waals surface area contributed by atoms with Crippen LogP contribution in [0.5, 0.6) is 0 Å². The Morgan fingerprint density at radius 3 is 2.67 bits per heavy atom. The van der Waals surface area contributed by atoms with Crippen LogP contribution in [0.2, 0.25) is 0 Å². The Morgan fingerprint density at radius 2 is 2.00 bits per heavy atom. The van der Waals surface area contributed by atoms with Crippen molar-refractivity contribution in [2.24, 2.45) is 5.92 Å². The van der Waals surface area contributed by atoms with Crippen LogP contribution in [0.25, 0.3) is 0 Å². The first-order chi connectivity index (χ1) is 8.67. The topological polar surface area (TPSA) is 15.3 Å². The normalized spacial score (nSPS) is 42.3. The first-order valence-electron chi connectivity index (χ1n) is 7.72. The number of nitrogens with one attached hydrogen (secondary N) is 1. The lowest BCUT2D eigenvalue weighted by atomic mass is 9.86. The van der Waals surface area contributed by atoms with Crippen molar-refractivity contribution < 1.29 is 0 Å². The molecule has 106 valence electrons. The number of thioether (sulfide) groups is 1. The highest BCUT2D eigenvalue weighted by Crippen LogP contribution is 2.36. The molecule has 5 unspecified atom stereocenters. The summed E-state index contributed by atoms with van der Waals surface area (Å²) in [7, 11) is 2.12. The summed E-state index contributed by atoms with van der Waals surface area (Å²) in [5.74, 6) is 2.06. The molecule has 1 saturated carbocycles. The van der Waals surface area contributed by atoms with Gasteiger partial charge < -0.3 is 5.32 Å². The second kappa shape index (κ2) is 6.62. The van der Waals surface area contributed by atoms with E-state index in [0.29, 0.717) is 0 Å². The molecular formula is C15H30N2S. The molecule has 1 heterocycles. The minimum absolute atomic E-state index is 0.721. The Morgan fingerprint density at radius 1 is 1.22 bits per heavy atom. The fraction of sp³-hybridized carbons (Fsp3) is 1.00. The minimum atomic E-state index is 0.721. The van der Waals surface area contributed by atoms with E-state index in [-0.39, 0.29) is 0 Å². The molecule has 0 bridgehead atoms. The molecule has 0 aromatic heterocycles. The monoisotopic (exact) mass is 270 g/mol. The predicted octanol–water partition coefficient (Wildman–Crippen LogP) is 2.98. The highest BCUT2D eigenvalue weighted by Gasteiger charge is 2.38. The van der Waals surface area contributed by atoms with Crippen molar-refractivity contribution in [1.82, 2.24) is 10.2 Å². The van der Waals surface area contributed by atoms with Gasteiger partial charge in [0.2, 0.25) is 0 Å². The van der Waals surface area contributed by atoms with Crippen molar-refractivity contribution in [3.63, 3.8) is 0 Å². The van der Waals surface area contributed by atoms with Crippen LogP contribution in [0.15, 0.2) is 0 Å². The molecule has 0 aromatic rings. The summed E-state index contributed by atoms with van der Waals surface area (Å²) in [6.07, 6.45) is 5.62. The SMILES string of the molecule is CCSC1CCC(N2CCC(NC)C(C)C2C)C1. The van der Waals surface area contributed by atoms with Gasteiger partial charge in [-0.15, -0.1) is 0 Å². The third-order valence-electron chi connectivity index (χ3n) is 5.22. The maximum absolute atomic E-state index is 3.49. The lowest BCUT2D eigenvalue weighted by molar-refractivity contribution is 0.0509. The summed E-state index contributed by atoms with van der Waals surface area (Å²) in [4.78, 5) is 2.81. The second-order valence-corrected chi connectivity index (χ2v) is 7.64. The molecular weight excluding hydrogens is 240 g/mol. The maximum atomic E-state index is 3.49. The second-order valence-electron chi connectivity index (χ2n) is 6.07. The zero-order chi connectivity index (χ0) is 13.1. The molecule has 2 aliphatic rings. The lowest BCUT2D eigenvalue weighted by Gasteiger charge is -2.45. The van der Waals surface area contributed by atoms with Crippen LogP contribution >= 0.6 is 11.8 Å². The molecule has 2 nitrogen and oxygen atoms in total. The predicted molar refractivity (Wildman–Crippen MR) is 82.4 cm³/mol. The third kappa shape index (κ3) is 3.05. The van der Waals surface area contributed by atoms with E-state index in [9.17, 15) is 0 Å². The van der Waals surface area contributed by atoms with Crippen molar-refractivity contribution in [1.29, 1.82) is 0 Å². The number of rotatable bonds is 4. The Labute approximate surface area is 117 Å². The van der Waals surface area contributed by atoms with Gasteiger partial charge in [-0.25, -0.2) is 0 Å². The molecule has 2 fully saturated rings. The molecule has 1 aliphatic carbocycles. The number of likely N-dealkylation sites (tertiary alicyclic amines) is 1. The summed E-state index contributed by atoms with van der Waals surface area (Å²) >= 11 is 2.17. The van der Waals surface area contributed by atoms with Gasteiger partial charge in [-0.3, -0.25) is 4.90 Å². The Balaban J connectivity index is 1.90. The number of hydrogen-bond donors (Lipinski definition) is 1. The number of piperidine rings is 1. The number of hydrogen-bond acceptors (Lipinski definition) is 3. The molecule has 1 aliphatic heterocycles. The lowest BCUT2D eigenvalue weighted by Crippen LogP contribution is -2.55. The molecule has 0 radical (unpaired) electrons. The van der Waals surface area contributed by atoms with E-state index in [4.69, 9.17) is 0 Å². The van der Waals surface area contributed by atoms with E-state index in [1.54, 1.807) is 0 Å². The van der Waals surface area contributed by atoms with Crippen molar-refractivity contribution in [3.8, 4) is 0 Å². The van der Waals surface area contributed by atoms with Gasteiger partial charge in [0.25, 0.3) is 0 Å². The molecule has 0 aromatic carbocycles. The van der Waals surface area contributed by atoms with Crippen LogP contribution in [-0.2, 0) is 0 Å². The average molecular weight is 270 g/mol. The Hall–Kier alpha value is 0.270. The van der Waals surface area contributed by atoms with Crippen molar-refractivity contribution in [3.05, 3.63) is 0 Å². The molecule has 2 rings (SSSR count). The van der Waals surface area contributed by atoms with E-state index in [2.05, 4.69) is 49.8 Å². The van der Waals surface area contributed by atoms with Gasteiger partial charge in [0.15, 0.2) is 0 Å². The summed E-state index contributed by atoms with van der Waals surface area (Å²) in [5.41, 5.74) is 0. The molecule has 5 atom stereocenters. The van der Waals surface area contributed by atoms with Gasteiger partial charge in [0, 0.05) is 29.9 Å². The molecule has 1 saturated heterocycles. The maximum Gasteiger partial charge on any atom is 0.0117 e. The standard InChI is InChI=1S/C15H30N2S/c1-5-18-14-7-6-13(10-14)17-9-8-15(16-4)11(2)12(17)3/h11-16H,5-10H2,1-4H3. The average Bonchev–Trinajstić information content (AvgIpc) is 2.81. The first-order valence-corrected chi connectivity index (χ1v) is 8.76. The Kier molecular flexibility index (Phi) is 5.40. The van der Waals surface area contributed by atoms with Crippen LogP contribution < -0.4 is 5.32 Å². The Bertz CT molecular complexity index is 259. The van der Waals surface area contributed by atoms with Gasteiger partial charge in [-0.1, -0.05) is 13.8 Å². The molecule has 3 heteroatoms. The quantitative estimate of drug-likeness (QED) is 0.845. The number of nitrogens with zero attached hydrogens (tertiary/aromatic N) is 1. The fourth-order valence-electron chi connectivity index (χ4n) is 3.92. The smallest absolute Gasteiger partial charge is 0.0117 e. The third-order valence-corrected chi connectivity index (χ3v) is 6.45. The van der Waals surface area contributed by atoms with E-state index in [1.807, 2.05) is 0 Å². The van der Waals surface area contributed by atoms with Gasteiger partial charge in [-0.2, -0.15) is 11.8 Å². The minimum Gasteiger partial charge on any atom is -0.317 e. The summed E-state index contributed by atoms with van der Waals surface area (Å²) < 4.78 is 0. The molecule has 0 amide bonds. The van der Waals surface area contributed by atoms with E-state index in [0.717, 1.165) is 29.3 Å². The largest absolute Gasteiger partial charge is 0.317 e. The summed E-state index contributed by atoms with van der Waals surface area (Å²) in [6, 6.07) is 2.33. The van der Waals surface area contributed by atoms with Gasteiger partial charge >= 0.3 is 0 Å². The summed E-state index contributed by atoms with van der Waals surface area (Å²) in [6.45, 7) is 8.45. The highest BCUT2D eigenvalue weighted by atomic mass is 32.2. The van der Waals surface area contributed by atoms with Crippen LogP contribution in [0.4, 0.5) is 0 Å². The van der Waals surface area contributed by atoms with E-state index in [1.165, 1.54) is 38.0 Å². The summed E-state index contributed by atoms with van der Waals surface area (Å²) in [5, 5.41) is 4.43.